The molecule has 0 bridgehead atoms. The molecule has 0 aliphatic rings. The van der Waals surface area contributed by atoms with Crippen LogP contribution in [0.15, 0.2) is 64.7 Å². The van der Waals surface area contributed by atoms with Crippen LogP contribution in [0, 0.1) is 0 Å². The van der Waals surface area contributed by atoms with Crippen LogP contribution >= 0.6 is 22.9 Å². The number of nitrogens with zero attached hydrogens (tertiary/aromatic N) is 2. The maximum Gasteiger partial charge on any atom is 0.204 e. The molecule has 0 aliphatic heterocycles. The zero-order chi connectivity index (χ0) is 14.5. The topological polar surface area (TPSA) is 37.3 Å². The summed E-state index contributed by atoms with van der Waals surface area (Å²) >= 11 is 7.67. The predicted molar refractivity (Wildman–Crippen MR) is 92.0 cm³/mol. The van der Waals surface area contributed by atoms with Crippen LogP contribution in [-0.2, 0) is 0 Å². The molecule has 0 atom stereocenters. The average Bonchev–Trinajstić information content (AvgIpc) is 2.91. The Morgan fingerprint density at radius 3 is 2.67 bits per heavy atom. The summed E-state index contributed by atoms with van der Waals surface area (Å²) in [5, 5.41) is 5.40. The number of halogens is 1. The smallest absolute Gasteiger partial charge is 0.204 e. The molecule has 0 unspecified atom stereocenters. The van der Waals surface area contributed by atoms with Gasteiger partial charge in [0.15, 0.2) is 0 Å². The normalized spacial score (nSPS) is 12.1. The highest BCUT2D eigenvalue weighted by molar-refractivity contribution is 7.22. The van der Waals surface area contributed by atoms with Gasteiger partial charge in [-0.2, -0.15) is 5.10 Å². The van der Waals surface area contributed by atoms with Gasteiger partial charge in [-0.15, -0.1) is 0 Å². The van der Waals surface area contributed by atoms with Crippen LogP contribution in [0.5, 0.6) is 0 Å². The summed E-state index contributed by atoms with van der Waals surface area (Å²) in [4.78, 5) is 4.42. The maximum absolute atomic E-state index is 6.12. The molecule has 0 fully saturated rings. The number of hydrogen-bond donors (Lipinski definition) is 1. The van der Waals surface area contributed by atoms with E-state index >= 15 is 0 Å². The Morgan fingerprint density at radius 1 is 1.10 bits per heavy atom. The van der Waals surface area contributed by atoms with Crippen LogP contribution in [0.2, 0.25) is 0 Å². The molecule has 3 aromatic rings. The van der Waals surface area contributed by atoms with E-state index in [0.717, 1.165) is 20.9 Å². The molecule has 0 saturated carbocycles. The van der Waals surface area contributed by atoms with Crippen LogP contribution in [0.25, 0.3) is 16.3 Å². The Bertz CT molecular complexity index is 760. The number of benzene rings is 2. The third-order valence-corrected chi connectivity index (χ3v) is 3.89. The Kier molecular flexibility index (Phi) is 4.28. The fourth-order valence-electron chi connectivity index (χ4n) is 1.81. The summed E-state index contributed by atoms with van der Waals surface area (Å²) in [7, 11) is 0. The number of aromatic nitrogens is 1. The Morgan fingerprint density at radius 2 is 1.86 bits per heavy atom. The summed E-state index contributed by atoms with van der Waals surface area (Å²) in [6.07, 6.45) is 3.42. The van der Waals surface area contributed by atoms with Gasteiger partial charge < -0.3 is 0 Å². The largest absolute Gasteiger partial charge is 0.253 e. The second-order valence-corrected chi connectivity index (χ2v) is 5.76. The van der Waals surface area contributed by atoms with Gasteiger partial charge in [-0.05, 0) is 23.8 Å². The van der Waals surface area contributed by atoms with E-state index in [4.69, 9.17) is 11.6 Å². The van der Waals surface area contributed by atoms with Gasteiger partial charge >= 0.3 is 0 Å². The molecule has 21 heavy (non-hydrogen) atoms. The number of rotatable bonds is 4. The van der Waals surface area contributed by atoms with Crippen molar-refractivity contribution in [2.45, 2.75) is 0 Å². The van der Waals surface area contributed by atoms with Crippen molar-refractivity contribution < 1.29 is 0 Å². The second-order valence-electron chi connectivity index (χ2n) is 4.30. The van der Waals surface area contributed by atoms with Crippen LogP contribution in [0.4, 0.5) is 5.13 Å². The lowest BCUT2D eigenvalue weighted by molar-refractivity contribution is 1.31. The lowest BCUT2D eigenvalue weighted by Gasteiger charge is -1.94. The summed E-state index contributed by atoms with van der Waals surface area (Å²) in [6.45, 7) is 0. The van der Waals surface area contributed by atoms with Crippen molar-refractivity contribution >= 4 is 50.6 Å². The standard InChI is InChI=1S/C16H12ClN3S/c17-13(10-12-6-2-1-3-7-12)11-18-20-16-19-14-8-4-5-9-15(14)21-16/h1-11H,(H,19,20)/b13-10-,18-11-. The van der Waals surface area contributed by atoms with Crippen molar-refractivity contribution in [2.24, 2.45) is 5.10 Å². The third-order valence-electron chi connectivity index (χ3n) is 2.75. The zero-order valence-corrected chi connectivity index (χ0v) is 12.6. The van der Waals surface area contributed by atoms with E-state index in [0.29, 0.717) is 5.03 Å². The number of allylic oxidation sites excluding steroid dienone is 1. The first kappa shape index (κ1) is 13.8. The number of nitrogens with one attached hydrogen (secondary N) is 1. The van der Waals surface area contributed by atoms with Crippen molar-refractivity contribution in [3.63, 3.8) is 0 Å². The predicted octanol–water partition coefficient (Wildman–Crippen LogP) is 4.97. The minimum Gasteiger partial charge on any atom is -0.253 e. The molecule has 1 aromatic heterocycles. The van der Waals surface area contributed by atoms with Gasteiger partial charge in [-0.3, -0.25) is 5.43 Å². The van der Waals surface area contributed by atoms with E-state index in [2.05, 4.69) is 15.5 Å². The van der Waals surface area contributed by atoms with E-state index < -0.39 is 0 Å². The van der Waals surface area contributed by atoms with Gasteiger partial charge in [0.1, 0.15) is 0 Å². The van der Waals surface area contributed by atoms with E-state index in [1.165, 1.54) is 0 Å². The Labute approximate surface area is 131 Å². The van der Waals surface area contributed by atoms with Gasteiger partial charge in [0, 0.05) is 0 Å². The number of para-hydroxylation sites is 1. The molecule has 1 heterocycles. The highest BCUT2D eigenvalue weighted by Gasteiger charge is 2.00. The zero-order valence-electron chi connectivity index (χ0n) is 11.0. The molecule has 0 radical (unpaired) electrons. The minimum absolute atomic E-state index is 0.551. The molecule has 2 aromatic carbocycles. The Balaban J connectivity index is 1.67. The van der Waals surface area contributed by atoms with Gasteiger partial charge in [-0.25, -0.2) is 4.98 Å². The van der Waals surface area contributed by atoms with Crippen molar-refractivity contribution in [2.75, 3.05) is 5.43 Å². The first-order chi connectivity index (χ1) is 10.3. The molecule has 3 nitrogen and oxygen atoms in total. The fourth-order valence-corrected chi connectivity index (χ4v) is 2.81. The summed E-state index contributed by atoms with van der Waals surface area (Å²) < 4.78 is 1.13. The summed E-state index contributed by atoms with van der Waals surface area (Å²) in [5.41, 5.74) is 4.90. The highest BCUT2D eigenvalue weighted by Crippen LogP contribution is 2.25. The first-order valence-electron chi connectivity index (χ1n) is 6.38. The number of hydrazone groups is 1. The van der Waals surface area contributed by atoms with Crippen molar-refractivity contribution in [1.29, 1.82) is 0 Å². The summed E-state index contributed by atoms with van der Waals surface area (Å²) in [5.74, 6) is 0. The van der Waals surface area contributed by atoms with Crippen molar-refractivity contribution in [3.8, 4) is 0 Å². The van der Waals surface area contributed by atoms with Crippen LogP contribution in [0.1, 0.15) is 5.56 Å². The lowest BCUT2D eigenvalue weighted by Crippen LogP contribution is -1.88. The van der Waals surface area contributed by atoms with Crippen molar-refractivity contribution in [1.82, 2.24) is 4.98 Å². The minimum atomic E-state index is 0.551. The highest BCUT2D eigenvalue weighted by atomic mass is 35.5. The first-order valence-corrected chi connectivity index (χ1v) is 7.57. The molecule has 0 saturated heterocycles. The monoisotopic (exact) mass is 313 g/mol. The maximum atomic E-state index is 6.12. The molecule has 0 aliphatic carbocycles. The van der Waals surface area contributed by atoms with Crippen LogP contribution in [0.3, 0.4) is 0 Å². The van der Waals surface area contributed by atoms with E-state index in [1.807, 2.05) is 60.7 Å². The molecule has 0 amide bonds. The fraction of sp³-hybridized carbons (Fsp3) is 0. The Hall–Kier alpha value is -2.17. The molecular weight excluding hydrogens is 302 g/mol. The molecule has 104 valence electrons. The van der Waals surface area contributed by atoms with E-state index in [1.54, 1.807) is 17.6 Å². The molecular formula is C16H12ClN3S. The number of anilines is 1. The molecule has 3 rings (SSSR count). The van der Waals surface area contributed by atoms with E-state index in [-0.39, 0.29) is 0 Å². The molecule has 1 N–H and O–H groups in total. The average molecular weight is 314 g/mol. The van der Waals surface area contributed by atoms with Gasteiger partial charge in [0.05, 0.1) is 21.5 Å². The van der Waals surface area contributed by atoms with Gasteiger partial charge in [0.2, 0.25) is 5.13 Å². The number of hydrogen-bond acceptors (Lipinski definition) is 4. The number of thiazole rings is 1. The molecule has 5 heteroatoms. The number of fused-ring (bicyclic) bond motifs is 1. The van der Waals surface area contributed by atoms with Crippen LogP contribution < -0.4 is 5.43 Å². The van der Waals surface area contributed by atoms with E-state index in [9.17, 15) is 0 Å². The lowest BCUT2D eigenvalue weighted by atomic mass is 10.2. The summed E-state index contributed by atoms with van der Waals surface area (Å²) in [6, 6.07) is 17.8. The molecule has 0 spiro atoms. The van der Waals surface area contributed by atoms with Crippen molar-refractivity contribution in [3.05, 3.63) is 65.2 Å². The van der Waals surface area contributed by atoms with Gasteiger partial charge in [-0.1, -0.05) is 65.4 Å². The third kappa shape index (κ3) is 3.68. The van der Waals surface area contributed by atoms with Gasteiger partial charge in [0.25, 0.3) is 0 Å². The quantitative estimate of drug-likeness (QED) is 0.545. The van der Waals surface area contributed by atoms with Crippen LogP contribution in [-0.4, -0.2) is 11.2 Å². The SMILES string of the molecule is ClC(/C=N\Nc1nc2ccccc2s1)=C\c1ccccc1. The second kappa shape index (κ2) is 6.52.